The number of methoxy groups -OCH3 is 1. The van der Waals surface area contributed by atoms with E-state index in [0.29, 0.717) is 35.1 Å². The van der Waals surface area contributed by atoms with E-state index in [4.69, 9.17) is 9.15 Å². The van der Waals surface area contributed by atoms with Crippen LogP contribution in [0.5, 0.6) is 5.75 Å². The molecule has 0 aliphatic heterocycles. The van der Waals surface area contributed by atoms with Gasteiger partial charge in [0, 0.05) is 18.0 Å². The summed E-state index contributed by atoms with van der Waals surface area (Å²) in [6.07, 6.45) is 1.57. The van der Waals surface area contributed by atoms with Gasteiger partial charge in [0.2, 0.25) is 0 Å². The first-order valence-corrected chi connectivity index (χ1v) is 8.98. The molecule has 1 amide bonds. The van der Waals surface area contributed by atoms with Crippen LogP contribution in [0, 0.1) is 12.7 Å². The Morgan fingerprint density at radius 1 is 1.38 bits per heavy atom. The van der Waals surface area contributed by atoms with E-state index in [2.05, 4.69) is 4.98 Å². The number of rotatable bonds is 6. The molecule has 0 saturated heterocycles. The van der Waals surface area contributed by atoms with Crippen LogP contribution >= 0.6 is 11.3 Å². The molecule has 5 nitrogen and oxygen atoms in total. The Bertz CT molecular complexity index is 906. The fourth-order valence-corrected chi connectivity index (χ4v) is 3.48. The molecule has 136 valence electrons. The molecule has 2 heterocycles. The molecule has 0 aliphatic carbocycles. The number of amides is 1. The third-order valence-corrected chi connectivity index (χ3v) is 4.98. The highest BCUT2D eigenvalue weighted by Gasteiger charge is 2.22. The molecular formula is C19H19FN2O3S. The van der Waals surface area contributed by atoms with Crippen LogP contribution in [0.3, 0.4) is 0 Å². The molecule has 2 aromatic heterocycles. The van der Waals surface area contributed by atoms with Crippen LogP contribution in [0.2, 0.25) is 0 Å². The maximum Gasteiger partial charge on any atom is 0.273 e. The molecule has 0 N–H and O–H groups in total. The Morgan fingerprint density at radius 3 is 2.81 bits per heavy atom. The molecule has 0 aliphatic rings. The SMILES string of the molecule is CCN(Cc1ccc(OC)c(F)c1)C(=O)c1nc(-c2ccco2)sc1C. The van der Waals surface area contributed by atoms with Gasteiger partial charge in [-0.3, -0.25) is 4.79 Å². The summed E-state index contributed by atoms with van der Waals surface area (Å²) in [6, 6.07) is 8.29. The Balaban J connectivity index is 1.82. The largest absolute Gasteiger partial charge is 0.494 e. The Morgan fingerprint density at radius 2 is 2.19 bits per heavy atom. The van der Waals surface area contributed by atoms with E-state index in [1.165, 1.54) is 24.5 Å². The van der Waals surface area contributed by atoms with Gasteiger partial charge in [-0.2, -0.15) is 0 Å². The Kier molecular flexibility index (Phi) is 5.37. The van der Waals surface area contributed by atoms with E-state index in [1.54, 1.807) is 29.4 Å². The molecule has 0 bridgehead atoms. The monoisotopic (exact) mass is 374 g/mol. The Hall–Kier alpha value is -2.67. The normalized spacial score (nSPS) is 10.8. The van der Waals surface area contributed by atoms with Crippen LogP contribution < -0.4 is 4.74 Å². The maximum absolute atomic E-state index is 13.9. The molecule has 1 aromatic carbocycles. The van der Waals surface area contributed by atoms with E-state index in [-0.39, 0.29) is 11.7 Å². The molecule has 3 rings (SSSR count). The average molecular weight is 374 g/mol. The lowest BCUT2D eigenvalue weighted by Crippen LogP contribution is -2.31. The summed E-state index contributed by atoms with van der Waals surface area (Å²) in [5.41, 5.74) is 1.09. The zero-order valence-electron chi connectivity index (χ0n) is 14.8. The van der Waals surface area contributed by atoms with Crippen molar-refractivity contribution < 1.29 is 18.3 Å². The van der Waals surface area contributed by atoms with Gasteiger partial charge in [0.15, 0.2) is 22.3 Å². The number of thiazole rings is 1. The van der Waals surface area contributed by atoms with Crippen molar-refractivity contribution in [2.24, 2.45) is 0 Å². The van der Waals surface area contributed by atoms with Crippen molar-refractivity contribution in [1.82, 2.24) is 9.88 Å². The van der Waals surface area contributed by atoms with Gasteiger partial charge >= 0.3 is 0 Å². The first-order valence-electron chi connectivity index (χ1n) is 8.16. The van der Waals surface area contributed by atoms with Gasteiger partial charge in [0.1, 0.15) is 5.69 Å². The number of nitrogens with zero attached hydrogens (tertiary/aromatic N) is 2. The van der Waals surface area contributed by atoms with Gasteiger partial charge in [-0.15, -0.1) is 11.3 Å². The van der Waals surface area contributed by atoms with E-state index < -0.39 is 5.82 Å². The summed E-state index contributed by atoms with van der Waals surface area (Å²) in [4.78, 5) is 19.8. The van der Waals surface area contributed by atoms with Gasteiger partial charge in [-0.05, 0) is 43.7 Å². The van der Waals surface area contributed by atoms with Crippen LogP contribution in [-0.2, 0) is 6.54 Å². The number of furan rings is 1. The molecule has 0 fully saturated rings. The number of halogens is 1. The molecule has 7 heteroatoms. The van der Waals surface area contributed by atoms with E-state index in [9.17, 15) is 9.18 Å². The molecule has 3 aromatic rings. The van der Waals surface area contributed by atoms with Crippen molar-refractivity contribution in [3.8, 4) is 16.5 Å². The van der Waals surface area contributed by atoms with Crippen molar-refractivity contribution in [2.75, 3.05) is 13.7 Å². The van der Waals surface area contributed by atoms with Gasteiger partial charge < -0.3 is 14.1 Å². The summed E-state index contributed by atoms with van der Waals surface area (Å²) in [5.74, 6) is 0.188. The first-order chi connectivity index (χ1) is 12.5. The lowest BCUT2D eigenvalue weighted by atomic mass is 10.2. The Labute approximate surface area is 155 Å². The average Bonchev–Trinajstić information content (AvgIpc) is 3.28. The van der Waals surface area contributed by atoms with Gasteiger partial charge in [0.25, 0.3) is 5.91 Å². The summed E-state index contributed by atoms with van der Waals surface area (Å²) in [7, 11) is 1.42. The second kappa shape index (κ2) is 7.70. The quantitative estimate of drug-likeness (QED) is 0.636. The number of benzene rings is 1. The van der Waals surface area contributed by atoms with Crippen molar-refractivity contribution in [1.29, 1.82) is 0 Å². The molecule has 0 atom stereocenters. The lowest BCUT2D eigenvalue weighted by Gasteiger charge is -2.20. The van der Waals surface area contributed by atoms with E-state index in [1.807, 2.05) is 19.9 Å². The standard InChI is InChI=1S/C19H19FN2O3S/c1-4-22(11-13-7-8-15(24-3)14(20)10-13)19(23)17-12(2)26-18(21-17)16-6-5-9-25-16/h5-10H,4,11H2,1-3H3. The van der Waals surface area contributed by atoms with E-state index >= 15 is 0 Å². The minimum Gasteiger partial charge on any atom is -0.494 e. The predicted molar refractivity (Wildman–Crippen MR) is 97.9 cm³/mol. The van der Waals surface area contributed by atoms with Crippen LogP contribution in [-0.4, -0.2) is 29.4 Å². The molecule has 0 radical (unpaired) electrons. The smallest absolute Gasteiger partial charge is 0.273 e. The van der Waals surface area contributed by atoms with Gasteiger partial charge in [-0.25, -0.2) is 9.37 Å². The molecule has 26 heavy (non-hydrogen) atoms. The summed E-state index contributed by atoms with van der Waals surface area (Å²) < 4.78 is 24.2. The van der Waals surface area contributed by atoms with Gasteiger partial charge in [0.05, 0.1) is 13.4 Å². The predicted octanol–water partition coefficient (Wildman–Crippen LogP) is 4.52. The fraction of sp³-hybridized carbons (Fsp3) is 0.263. The zero-order chi connectivity index (χ0) is 18.7. The number of carbonyl (C=O) groups excluding carboxylic acids is 1. The van der Waals surface area contributed by atoms with Gasteiger partial charge in [-0.1, -0.05) is 6.07 Å². The number of aryl methyl sites for hydroxylation is 1. The van der Waals surface area contributed by atoms with Crippen molar-refractivity contribution >= 4 is 17.2 Å². The zero-order valence-corrected chi connectivity index (χ0v) is 15.6. The molecule has 0 saturated carbocycles. The fourth-order valence-electron chi connectivity index (χ4n) is 2.61. The molecular weight excluding hydrogens is 355 g/mol. The van der Waals surface area contributed by atoms with Crippen molar-refractivity contribution in [2.45, 2.75) is 20.4 Å². The summed E-state index contributed by atoms with van der Waals surface area (Å²) in [5, 5.41) is 0.669. The number of carbonyl (C=O) groups is 1. The lowest BCUT2D eigenvalue weighted by molar-refractivity contribution is 0.0746. The highest BCUT2D eigenvalue weighted by molar-refractivity contribution is 7.15. The second-order valence-corrected chi connectivity index (χ2v) is 6.89. The van der Waals surface area contributed by atoms with Crippen LogP contribution in [0.1, 0.15) is 27.9 Å². The molecule has 0 spiro atoms. The number of hydrogen-bond donors (Lipinski definition) is 0. The number of hydrogen-bond acceptors (Lipinski definition) is 5. The summed E-state index contributed by atoms with van der Waals surface area (Å²) >= 11 is 1.41. The van der Waals surface area contributed by atoms with E-state index in [0.717, 1.165) is 4.88 Å². The first kappa shape index (κ1) is 18.1. The van der Waals surface area contributed by atoms with Crippen molar-refractivity contribution in [3.05, 3.63) is 58.5 Å². The highest BCUT2D eigenvalue weighted by Crippen LogP contribution is 2.29. The van der Waals surface area contributed by atoms with Crippen molar-refractivity contribution in [3.63, 3.8) is 0 Å². The second-order valence-electron chi connectivity index (χ2n) is 5.69. The minimum atomic E-state index is -0.446. The van der Waals surface area contributed by atoms with Crippen LogP contribution in [0.4, 0.5) is 4.39 Å². The van der Waals surface area contributed by atoms with Crippen LogP contribution in [0.15, 0.2) is 41.0 Å². The third kappa shape index (κ3) is 3.62. The highest BCUT2D eigenvalue weighted by atomic mass is 32.1. The third-order valence-electron chi connectivity index (χ3n) is 3.99. The molecule has 0 unspecified atom stereocenters. The summed E-state index contributed by atoms with van der Waals surface area (Å²) in [6.45, 7) is 4.52. The topological polar surface area (TPSA) is 55.6 Å². The minimum absolute atomic E-state index is 0.182. The van der Waals surface area contributed by atoms with Crippen LogP contribution in [0.25, 0.3) is 10.8 Å². The number of aromatic nitrogens is 1. The maximum atomic E-state index is 13.9. The number of ether oxygens (including phenoxy) is 1.